The van der Waals surface area contributed by atoms with Crippen LogP contribution < -0.4 is 10.9 Å². The van der Waals surface area contributed by atoms with Crippen molar-refractivity contribution in [1.82, 2.24) is 29.5 Å². The molecule has 2 N–H and O–H groups in total. The number of fused-ring (bicyclic) bond motifs is 2. The molecule has 0 saturated carbocycles. The Morgan fingerprint density at radius 2 is 1.94 bits per heavy atom. The molecule has 2 aromatic carbocycles. The van der Waals surface area contributed by atoms with Gasteiger partial charge in [0.25, 0.3) is 5.56 Å². The monoisotopic (exact) mass is 435 g/mol. The van der Waals surface area contributed by atoms with E-state index in [0.717, 1.165) is 0 Å². The van der Waals surface area contributed by atoms with Crippen LogP contribution in [0.15, 0.2) is 59.9 Å². The molecular formula is C21H15ClFN7O. The number of hydrogen-bond donors (Lipinski definition) is 2. The SMILES string of the molecule is C[C@@H](Nc1ncnc2[nH]cnc12)c1nc2ccc(F)c(Cl)c2c(=O)n1-c1ccccc1. The third-order valence-corrected chi connectivity index (χ3v) is 5.30. The van der Waals surface area contributed by atoms with Crippen molar-refractivity contribution in [3.63, 3.8) is 0 Å². The van der Waals surface area contributed by atoms with Gasteiger partial charge in [-0.25, -0.2) is 24.3 Å². The molecule has 5 aromatic rings. The maximum atomic E-state index is 14.1. The van der Waals surface area contributed by atoms with Gasteiger partial charge in [-0.3, -0.25) is 9.36 Å². The highest BCUT2D eigenvalue weighted by molar-refractivity contribution is 6.35. The van der Waals surface area contributed by atoms with Gasteiger partial charge in [0.2, 0.25) is 0 Å². The zero-order valence-electron chi connectivity index (χ0n) is 16.2. The van der Waals surface area contributed by atoms with E-state index < -0.39 is 17.4 Å². The van der Waals surface area contributed by atoms with E-state index in [0.29, 0.717) is 34.0 Å². The van der Waals surface area contributed by atoms with Crippen molar-refractivity contribution in [1.29, 1.82) is 0 Å². The van der Waals surface area contributed by atoms with Gasteiger partial charge in [0.05, 0.1) is 34.0 Å². The fraction of sp³-hybridized carbons (Fsp3) is 0.0952. The third-order valence-electron chi connectivity index (χ3n) is 4.93. The first-order valence-electron chi connectivity index (χ1n) is 9.41. The van der Waals surface area contributed by atoms with E-state index >= 15 is 0 Å². The standard InChI is InChI=1S/C21H15ClFN7O/c1-11(28-19-17-18(25-9-24-17)26-10-27-19)20-29-14-8-7-13(23)16(22)15(14)21(31)30(20)12-5-3-2-4-6-12/h2-11H,1H3,(H2,24,25,26,27,28)/t11-/m1/s1. The van der Waals surface area contributed by atoms with Crippen LogP contribution in [0.5, 0.6) is 0 Å². The smallest absolute Gasteiger partial charge is 0.267 e. The normalized spacial score (nSPS) is 12.4. The summed E-state index contributed by atoms with van der Waals surface area (Å²) < 4.78 is 15.5. The molecule has 31 heavy (non-hydrogen) atoms. The number of nitrogens with one attached hydrogen (secondary N) is 2. The second-order valence-electron chi connectivity index (χ2n) is 6.89. The molecule has 0 saturated heterocycles. The van der Waals surface area contributed by atoms with Gasteiger partial charge >= 0.3 is 0 Å². The Hall–Kier alpha value is -3.85. The molecule has 0 fully saturated rings. The van der Waals surface area contributed by atoms with E-state index in [4.69, 9.17) is 11.6 Å². The molecule has 0 unspecified atom stereocenters. The molecular weight excluding hydrogens is 421 g/mol. The van der Waals surface area contributed by atoms with Gasteiger partial charge in [-0.05, 0) is 31.2 Å². The Kier molecular flexibility index (Phi) is 4.59. The number of benzene rings is 2. The van der Waals surface area contributed by atoms with E-state index in [1.54, 1.807) is 24.3 Å². The summed E-state index contributed by atoms with van der Waals surface area (Å²) in [7, 11) is 0. The Labute approximate surface area is 179 Å². The van der Waals surface area contributed by atoms with Crippen LogP contribution in [-0.4, -0.2) is 29.5 Å². The van der Waals surface area contributed by atoms with Crippen molar-refractivity contribution in [2.45, 2.75) is 13.0 Å². The molecule has 5 rings (SSSR count). The number of hydrogen-bond acceptors (Lipinski definition) is 6. The molecule has 3 heterocycles. The molecule has 8 nitrogen and oxygen atoms in total. The maximum Gasteiger partial charge on any atom is 0.267 e. The Morgan fingerprint density at radius 3 is 2.74 bits per heavy atom. The fourth-order valence-electron chi connectivity index (χ4n) is 3.48. The molecule has 10 heteroatoms. The lowest BCUT2D eigenvalue weighted by atomic mass is 10.2. The number of nitrogens with zero attached hydrogens (tertiary/aromatic N) is 5. The summed E-state index contributed by atoms with van der Waals surface area (Å²) in [5.41, 5.74) is 1.57. The molecule has 0 aliphatic heterocycles. The second-order valence-corrected chi connectivity index (χ2v) is 7.27. The zero-order chi connectivity index (χ0) is 21.5. The van der Waals surface area contributed by atoms with Crippen molar-refractivity contribution in [2.24, 2.45) is 0 Å². The van der Waals surface area contributed by atoms with Crippen LogP contribution >= 0.6 is 11.6 Å². The number of H-pyrrole nitrogens is 1. The van der Waals surface area contributed by atoms with Gasteiger partial charge in [0.1, 0.15) is 23.5 Å². The van der Waals surface area contributed by atoms with Crippen LogP contribution in [0.2, 0.25) is 5.02 Å². The molecule has 1 atom stereocenters. The van der Waals surface area contributed by atoms with E-state index in [-0.39, 0.29) is 10.4 Å². The lowest BCUT2D eigenvalue weighted by molar-refractivity contribution is 0.629. The van der Waals surface area contributed by atoms with Crippen molar-refractivity contribution in [3.8, 4) is 5.69 Å². The van der Waals surface area contributed by atoms with Gasteiger partial charge in [0.15, 0.2) is 11.5 Å². The minimum Gasteiger partial charge on any atom is -0.358 e. The molecule has 0 radical (unpaired) electrons. The second kappa shape index (κ2) is 7.44. The zero-order valence-corrected chi connectivity index (χ0v) is 16.9. The van der Waals surface area contributed by atoms with E-state index in [9.17, 15) is 9.18 Å². The lowest BCUT2D eigenvalue weighted by Gasteiger charge is -2.20. The number of anilines is 1. The van der Waals surface area contributed by atoms with Crippen LogP contribution in [0.3, 0.4) is 0 Å². The van der Waals surface area contributed by atoms with E-state index in [1.807, 2.05) is 13.0 Å². The predicted molar refractivity (Wildman–Crippen MR) is 116 cm³/mol. The fourth-order valence-corrected chi connectivity index (χ4v) is 3.72. The molecule has 3 aromatic heterocycles. The van der Waals surface area contributed by atoms with Crippen LogP contribution in [-0.2, 0) is 0 Å². The van der Waals surface area contributed by atoms with Crippen LogP contribution in [0.4, 0.5) is 10.2 Å². The number of imidazole rings is 1. The molecule has 0 bridgehead atoms. The number of halogens is 2. The Bertz CT molecular complexity index is 1480. The first-order chi connectivity index (χ1) is 15.0. The average Bonchev–Trinajstić information content (AvgIpc) is 3.26. The quantitative estimate of drug-likeness (QED) is 0.442. The minimum absolute atomic E-state index is 0.0261. The summed E-state index contributed by atoms with van der Waals surface area (Å²) in [5.74, 6) is 0.229. The van der Waals surface area contributed by atoms with Crippen LogP contribution in [0.1, 0.15) is 18.8 Å². The van der Waals surface area contributed by atoms with Crippen LogP contribution in [0, 0.1) is 5.82 Å². The van der Waals surface area contributed by atoms with Crippen LogP contribution in [0.25, 0.3) is 27.8 Å². The Balaban J connectivity index is 1.73. The molecule has 0 amide bonds. The van der Waals surface area contributed by atoms with E-state index in [1.165, 1.54) is 29.4 Å². The largest absolute Gasteiger partial charge is 0.358 e. The summed E-state index contributed by atoms with van der Waals surface area (Å²) >= 11 is 6.13. The molecule has 0 spiro atoms. The van der Waals surface area contributed by atoms with Gasteiger partial charge < -0.3 is 10.3 Å². The first kappa shape index (κ1) is 19.1. The number of para-hydroxylation sites is 1. The summed E-state index contributed by atoms with van der Waals surface area (Å²) in [5, 5.41) is 3.03. The molecule has 0 aliphatic carbocycles. The van der Waals surface area contributed by atoms with Gasteiger partial charge in [-0.15, -0.1) is 0 Å². The van der Waals surface area contributed by atoms with Gasteiger partial charge in [-0.1, -0.05) is 29.8 Å². The topological polar surface area (TPSA) is 101 Å². The summed E-state index contributed by atoms with van der Waals surface area (Å²) in [6.45, 7) is 1.85. The summed E-state index contributed by atoms with van der Waals surface area (Å²) in [4.78, 5) is 33.7. The van der Waals surface area contributed by atoms with Crippen molar-refractivity contribution in [2.75, 3.05) is 5.32 Å². The average molecular weight is 436 g/mol. The first-order valence-corrected chi connectivity index (χ1v) is 9.79. The maximum absolute atomic E-state index is 14.1. The Morgan fingerprint density at radius 1 is 1.13 bits per heavy atom. The van der Waals surface area contributed by atoms with Gasteiger partial charge in [-0.2, -0.15) is 0 Å². The van der Waals surface area contributed by atoms with Crippen molar-refractivity contribution >= 4 is 39.5 Å². The summed E-state index contributed by atoms with van der Waals surface area (Å²) in [6.07, 6.45) is 2.94. The number of rotatable bonds is 4. The number of aromatic amines is 1. The predicted octanol–water partition coefficient (Wildman–Crippen LogP) is 4.02. The lowest BCUT2D eigenvalue weighted by Crippen LogP contribution is -2.27. The molecule has 154 valence electrons. The highest BCUT2D eigenvalue weighted by Crippen LogP contribution is 2.27. The highest BCUT2D eigenvalue weighted by atomic mass is 35.5. The number of aromatic nitrogens is 6. The molecule has 0 aliphatic rings. The highest BCUT2D eigenvalue weighted by Gasteiger charge is 2.21. The minimum atomic E-state index is -0.673. The van der Waals surface area contributed by atoms with E-state index in [2.05, 4.69) is 30.2 Å². The van der Waals surface area contributed by atoms with Gasteiger partial charge in [0, 0.05) is 0 Å². The summed E-state index contributed by atoms with van der Waals surface area (Å²) in [6, 6.07) is 11.2. The van der Waals surface area contributed by atoms with Crippen molar-refractivity contribution in [3.05, 3.63) is 82.1 Å². The third kappa shape index (κ3) is 3.19. The van der Waals surface area contributed by atoms with Crippen molar-refractivity contribution < 1.29 is 4.39 Å².